The van der Waals surface area contributed by atoms with Crippen molar-refractivity contribution in [2.24, 2.45) is 0 Å². The van der Waals surface area contributed by atoms with Crippen LogP contribution in [0.25, 0.3) is 16.2 Å². The lowest BCUT2D eigenvalue weighted by molar-refractivity contribution is -0.132. The van der Waals surface area contributed by atoms with Gasteiger partial charge >= 0.3 is 0 Å². The van der Waals surface area contributed by atoms with E-state index in [1.165, 1.54) is 12.1 Å². The molecule has 0 aliphatic rings. The zero-order chi connectivity index (χ0) is 27.3. The molecule has 0 radical (unpaired) electrons. The van der Waals surface area contributed by atoms with Crippen molar-refractivity contribution < 1.29 is 9.18 Å². The molecule has 40 heavy (non-hydrogen) atoms. The Hall–Kier alpha value is -4.55. The third-order valence-corrected chi connectivity index (χ3v) is 7.99. The standard InChI is InChI=1S/C34H28FN3OS/c35-29-18-16-26(17-19-29)31-23-38-30(24-40-34(38)36-31)20-21-37(22-25-10-4-1-5-11-25)33(39)32(27-12-6-2-7-13-27)28-14-8-3-9-15-28/h1-19,23-24,32H,20-22H2. The van der Waals surface area contributed by atoms with Crippen LogP contribution in [-0.2, 0) is 17.8 Å². The van der Waals surface area contributed by atoms with Crippen LogP contribution in [0.1, 0.15) is 28.3 Å². The highest BCUT2D eigenvalue weighted by Gasteiger charge is 2.28. The van der Waals surface area contributed by atoms with Gasteiger partial charge in [0.1, 0.15) is 5.82 Å². The average molecular weight is 546 g/mol. The topological polar surface area (TPSA) is 37.6 Å². The van der Waals surface area contributed by atoms with E-state index in [-0.39, 0.29) is 11.7 Å². The number of aromatic nitrogens is 2. The van der Waals surface area contributed by atoms with Gasteiger partial charge in [-0.3, -0.25) is 9.20 Å². The monoisotopic (exact) mass is 545 g/mol. The van der Waals surface area contributed by atoms with E-state index in [9.17, 15) is 9.18 Å². The molecule has 0 unspecified atom stereocenters. The highest BCUT2D eigenvalue weighted by atomic mass is 32.1. The molecule has 6 rings (SSSR count). The van der Waals surface area contributed by atoms with E-state index in [1.54, 1.807) is 23.5 Å². The van der Waals surface area contributed by atoms with E-state index in [4.69, 9.17) is 4.98 Å². The summed E-state index contributed by atoms with van der Waals surface area (Å²) >= 11 is 1.57. The maximum Gasteiger partial charge on any atom is 0.234 e. The molecule has 2 heterocycles. The lowest BCUT2D eigenvalue weighted by atomic mass is 9.89. The normalized spacial score (nSPS) is 11.2. The molecule has 4 aromatic carbocycles. The molecule has 6 heteroatoms. The van der Waals surface area contributed by atoms with E-state index in [2.05, 4.69) is 21.9 Å². The molecular weight excluding hydrogens is 517 g/mol. The van der Waals surface area contributed by atoms with Gasteiger partial charge in [-0.05, 0) is 41.0 Å². The van der Waals surface area contributed by atoms with E-state index < -0.39 is 5.92 Å². The molecule has 0 atom stereocenters. The SMILES string of the molecule is O=C(C(c1ccccc1)c1ccccc1)N(CCc1csc2nc(-c3ccc(F)cc3)cn12)Cc1ccccc1. The fourth-order valence-electron chi connectivity index (χ4n) is 5.04. The van der Waals surface area contributed by atoms with Crippen LogP contribution in [0.15, 0.2) is 127 Å². The number of carbonyl (C=O) groups is 1. The quantitative estimate of drug-likeness (QED) is 0.188. The van der Waals surface area contributed by atoms with Crippen LogP contribution in [0.3, 0.4) is 0 Å². The number of thiazole rings is 1. The molecule has 0 spiro atoms. The number of nitrogens with zero attached hydrogens (tertiary/aromatic N) is 3. The maximum atomic E-state index is 14.4. The second kappa shape index (κ2) is 11.7. The first kappa shape index (κ1) is 25.7. The summed E-state index contributed by atoms with van der Waals surface area (Å²) < 4.78 is 15.5. The van der Waals surface area contributed by atoms with Gasteiger partial charge in [-0.15, -0.1) is 11.3 Å². The Kier molecular flexibility index (Phi) is 7.51. The van der Waals surface area contributed by atoms with Crippen LogP contribution < -0.4 is 0 Å². The predicted octanol–water partition coefficient (Wildman–Crippen LogP) is 7.61. The summed E-state index contributed by atoms with van der Waals surface area (Å²) in [6.07, 6.45) is 2.67. The minimum atomic E-state index is -0.396. The minimum Gasteiger partial charge on any atom is -0.337 e. The molecule has 0 bridgehead atoms. The Morgan fingerprint density at radius 3 is 2.05 bits per heavy atom. The number of hydrogen-bond donors (Lipinski definition) is 0. The first-order valence-corrected chi connectivity index (χ1v) is 14.2. The number of hydrogen-bond acceptors (Lipinski definition) is 3. The van der Waals surface area contributed by atoms with Crippen molar-refractivity contribution in [1.82, 2.24) is 14.3 Å². The van der Waals surface area contributed by atoms with Crippen molar-refractivity contribution >= 4 is 22.2 Å². The van der Waals surface area contributed by atoms with Crippen molar-refractivity contribution in [3.63, 3.8) is 0 Å². The third kappa shape index (κ3) is 5.58. The van der Waals surface area contributed by atoms with Crippen LogP contribution in [-0.4, -0.2) is 26.7 Å². The van der Waals surface area contributed by atoms with Crippen LogP contribution in [0, 0.1) is 5.82 Å². The summed E-state index contributed by atoms with van der Waals surface area (Å²) in [5.41, 5.74) is 5.81. The van der Waals surface area contributed by atoms with Crippen LogP contribution in [0.5, 0.6) is 0 Å². The van der Waals surface area contributed by atoms with Gasteiger partial charge in [-0.2, -0.15) is 0 Å². The molecular formula is C34H28FN3OS. The Bertz CT molecular complexity index is 1660. The van der Waals surface area contributed by atoms with Gasteiger partial charge in [0.2, 0.25) is 5.91 Å². The summed E-state index contributed by atoms with van der Waals surface area (Å²) in [5.74, 6) is -0.588. The summed E-state index contributed by atoms with van der Waals surface area (Å²) in [7, 11) is 0. The first-order chi connectivity index (χ1) is 19.7. The fraction of sp³-hybridized carbons (Fsp3) is 0.118. The number of halogens is 1. The molecule has 0 saturated carbocycles. The number of carbonyl (C=O) groups excluding carboxylic acids is 1. The molecule has 1 amide bonds. The summed E-state index contributed by atoms with van der Waals surface area (Å²) in [5, 5.41) is 2.10. The lowest BCUT2D eigenvalue weighted by Crippen LogP contribution is -2.37. The van der Waals surface area contributed by atoms with Gasteiger partial charge in [-0.25, -0.2) is 9.37 Å². The molecule has 4 nitrogen and oxygen atoms in total. The second-order valence-corrected chi connectivity index (χ2v) is 10.6. The third-order valence-electron chi connectivity index (χ3n) is 7.10. The van der Waals surface area contributed by atoms with Crippen LogP contribution in [0.2, 0.25) is 0 Å². The van der Waals surface area contributed by atoms with E-state index in [0.717, 1.165) is 38.6 Å². The highest BCUT2D eigenvalue weighted by Crippen LogP contribution is 2.29. The lowest BCUT2D eigenvalue weighted by Gasteiger charge is -2.28. The molecule has 2 aromatic heterocycles. The van der Waals surface area contributed by atoms with Gasteiger partial charge < -0.3 is 4.90 Å². The second-order valence-electron chi connectivity index (χ2n) is 9.76. The molecule has 0 saturated heterocycles. The Morgan fingerprint density at radius 2 is 1.43 bits per heavy atom. The predicted molar refractivity (Wildman–Crippen MR) is 159 cm³/mol. The van der Waals surface area contributed by atoms with Crippen molar-refractivity contribution in [2.75, 3.05) is 6.54 Å². The zero-order valence-electron chi connectivity index (χ0n) is 21.9. The smallest absolute Gasteiger partial charge is 0.234 e. The average Bonchev–Trinajstić information content (AvgIpc) is 3.59. The first-order valence-electron chi connectivity index (χ1n) is 13.3. The van der Waals surface area contributed by atoms with Gasteiger partial charge in [0.05, 0.1) is 11.6 Å². The van der Waals surface area contributed by atoms with Gasteiger partial charge in [0, 0.05) is 42.3 Å². The van der Waals surface area contributed by atoms with Crippen molar-refractivity contribution in [2.45, 2.75) is 18.9 Å². The van der Waals surface area contributed by atoms with Crippen LogP contribution in [0.4, 0.5) is 4.39 Å². The summed E-state index contributed by atoms with van der Waals surface area (Å²) in [6, 6.07) is 36.5. The summed E-state index contributed by atoms with van der Waals surface area (Å²) in [4.78, 5) is 22.0. The van der Waals surface area contributed by atoms with E-state index in [1.807, 2.05) is 90.0 Å². The zero-order valence-corrected chi connectivity index (χ0v) is 22.7. The molecule has 0 N–H and O–H groups in total. The van der Waals surface area contributed by atoms with Gasteiger partial charge in [-0.1, -0.05) is 91.0 Å². The number of benzene rings is 4. The van der Waals surface area contributed by atoms with E-state index in [0.29, 0.717) is 19.5 Å². The molecule has 0 aliphatic carbocycles. The Morgan fingerprint density at radius 1 is 0.825 bits per heavy atom. The van der Waals surface area contributed by atoms with Crippen molar-refractivity contribution in [3.05, 3.63) is 155 Å². The van der Waals surface area contributed by atoms with Crippen molar-refractivity contribution in [3.8, 4) is 11.3 Å². The minimum absolute atomic E-state index is 0.0744. The maximum absolute atomic E-state index is 14.4. The molecule has 198 valence electrons. The number of imidazole rings is 1. The van der Waals surface area contributed by atoms with E-state index >= 15 is 0 Å². The molecule has 6 aromatic rings. The number of fused-ring (bicyclic) bond motifs is 1. The summed E-state index contributed by atoms with van der Waals surface area (Å²) in [6.45, 7) is 1.08. The van der Waals surface area contributed by atoms with Crippen molar-refractivity contribution in [1.29, 1.82) is 0 Å². The fourth-order valence-corrected chi connectivity index (χ4v) is 5.95. The van der Waals surface area contributed by atoms with Crippen LogP contribution >= 0.6 is 11.3 Å². The molecule has 0 fully saturated rings. The van der Waals surface area contributed by atoms with Gasteiger partial charge in [0.15, 0.2) is 4.96 Å². The number of rotatable bonds is 9. The largest absolute Gasteiger partial charge is 0.337 e. The number of amides is 1. The Labute approximate surface area is 237 Å². The molecule has 0 aliphatic heterocycles. The highest BCUT2D eigenvalue weighted by molar-refractivity contribution is 7.15. The Balaban J connectivity index is 1.30. The van der Waals surface area contributed by atoms with Gasteiger partial charge in [0.25, 0.3) is 0 Å².